The van der Waals surface area contributed by atoms with E-state index >= 15 is 0 Å². The van der Waals surface area contributed by atoms with Gasteiger partial charge < -0.3 is 0 Å². The van der Waals surface area contributed by atoms with Crippen LogP contribution in [0.15, 0.2) is 24.3 Å². The molecule has 0 bridgehead atoms. The van der Waals surface area contributed by atoms with E-state index in [2.05, 4.69) is 9.44 Å². The van der Waals surface area contributed by atoms with Gasteiger partial charge in [0.25, 0.3) is 10.2 Å². The molecule has 0 spiro atoms. The number of ketones is 1. The molecule has 0 saturated carbocycles. The molecule has 0 aliphatic heterocycles. The maximum atomic E-state index is 12.6. The third-order valence-corrected chi connectivity index (χ3v) is 3.24. The molecule has 0 atom stereocenters. The molecule has 0 amide bonds. The summed E-state index contributed by atoms with van der Waals surface area (Å²) in [6.07, 6.45) is 0.660. The Morgan fingerprint density at radius 3 is 2.39 bits per heavy atom. The smallest absolute Gasteiger partial charge is 0.277 e. The molecule has 0 aliphatic rings. The van der Waals surface area contributed by atoms with Crippen molar-refractivity contribution >= 4 is 16.0 Å². The molecular weight excluding hydrogens is 259 g/mol. The number of benzene rings is 1. The quantitative estimate of drug-likeness (QED) is 0.724. The highest BCUT2D eigenvalue weighted by atomic mass is 32.2. The maximum Gasteiger partial charge on any atom is 0.277 e. The Morgan fingerprint density at radius 2 is 1.83 bits per heavy atom. The number of hydrogen-bond acceptors (Lipinski definition) is 3. The first-order valence-corrected chi connectivity index (χ1v) is 6.96. The lowest BCUT2D eigenvalue weighted by molar-refractivity contribution is 0.0997. The van der Waals surface area contributed by atoms with Gasteiger partial charge in [-0.2, -0.15) is 13.1 Å². The summed E-state index contributed by atoms with van der Waals surface area (Å²) in [5.41, 5.74) is 0.259. The van der Waals surface area contributed by atoms with E-state index in [1.807, 2.05) is 6.92 Å². The van der Waals surface area contributed by atoms with Gasteiger partial charge in [-0.1, -0.05) is 6.92 Å². The zero-order chi connectivity index (χ0) is 13.6. The van der Waals surface area contributed by atoms with Gasteiger partial charge in [-0.05, 0) is 30.7 Å². The van der Waals surface area contributed by atoms with Crippen molar-refractivity contribution in [3.05, 3.63) is 35.6 Å². The molecule has 5 nitrogen and oxygen atoms in total. The second-order valence-electron chi connectivity index (χ2n) is 3.65. The van der Waals surface area contributed by atoms with Crippen molar-refractivity contribution in [3.8, 4) is 0 Å². The monoisotopic (exact) mass is 274 g/mol. The minimum Gasteiger partial charge on any atom is -0.293 e. The number of carbonyl (C=O) groups excluding carboxylic acids is 1. The lowest BCUT2D eigenvalue weighted by atomic mass is 10.1. The van der Waals surface area contributed by atoms with Crippen LogP contribution < -0.4 is 9.44 Å². The van der Waals surface area contributed by atoms with E-state index in [0.29, 0.717) is 13.0 Å². The second-order valence-corrected chi connectivity index (χ2v) is 5.23. The van der Waals surface area contributed by atoms with Crippen LogP contribution in [0.2, 0.25) is 0 Å². The molecule has 18 heavy (non-hydrogen) atoms. The summed E-state index contributed by atoms with van der Waals surface area (Å²) >= 11 is 0. The Balaban J connectivity index is 2.53. The van der Waals surface area contributed by atoms with Gasteiger partial charge in [0.2, 0.25) is 0 Å². The number of Topliss-reactive ketones (excluding diaryl/α,β-unsaturated/α-hetero) is 1. The van der Waals surface area contributed by atoms with Crippen LogP contribution in [0, 0.1) is 5.82 Å². The van der Waals surface area contributed by atoms with Gasteiger partial charge in [0, 0.05) is 12.1 Å². The van der Waals surface area contributed by atoms with Crippen LogP contribution in [0.25, 0.3) is 0 Å². The molecule has 1 aromatic rings. The molecule has 1 rings (SSSR count). The summed E-state index contributed by atoms with van der Waals surface area (Å²) in [6, 6.07) is 4.92. The number of nitrogens with one attached hydrogen (secondary N) is 2. The summed E-state index contributed by atoms with van der Waals surface area (Å²) in [5, 5.41) is 0. The average molecular weight is 274 g/mol. The predicted molar refractivity (Wildman–Crippen MR) is 65.9 cm³/mol. The third kappa shape index (κ3) is 4.91. The fraction of sp³-hybridized carbons (Fsp3) is 0.364. The van der Waals surface area contributed by atoms with Crippen LogP contribution in [-0.4, -0.2) is 27.3 Å². The van der Waals surface area contributed by atoms with Gasteiger partial charge in [0.15, 0.2) is 5.78 Å². The highest BCUT2D eigenvalue weighted by Gasteiger charge is 2.12. The minimum absolute atomic E-state index is 0.259. The van der Waals surface area contributed by atoms with E-state index in [1.165, 1.54) is 12.1 Å². The molecule has 100 valence electrons. The zero-order valence-corrected chi connectivity index (χ0v) is 10.8. The van der Waals surface area contributed by atoms with E-state index in [-0.39, 0.29) is 12.1 Å². The topological polar surface area (TPSA) is 75.3 Å². The molecule has 1 aromatic carbocycles. The number of carbonyl (C=O) groups is 1. The lowest BCUT2D eigenvalue weighted by Gasteiger charge is -2.06. The van der Waals surface area contributed by atoms with E-state index < -0.39 is 21.8 Å². The molecule has 7 heteroatoms. The normalized spacial score (nSPS) is 11.4. The fourth-order valence-electron chi connectivity index (χ4n) is 1.19. The fourth-order valence-corrected chi connectivity index (χ4v) is 2.08. The molecule has 0 radical (unpaired) electrons. The minimum atomic E-state index is -3.65. The van der Waals surface area contributed by atoms with Gasteiger partial charge in [-0.3, -0.25) is 4.79 Å². The molecule has 0 unspecified atom stereocenters. The van der Waals surface area contributed by atoms with Crippen LogP contribution in [0.5, 0.6) is 0 Å². The van der Waals surface area contributed by atoms with Gasteiger partial charge >= 0.3 is 0 Å². The van der Waals surface area contributed by atoms with Crippen LogP contribution in [0.3, 0.4) is 0 Å². The number of hydrogen-bond donors (Lipinski definition) is 2. The van der Waals surface area contributed by atoms with Crippen LogP contribution >= 0.6 is 0 Å². The van der Waals surface area contributed by atoms with Gasteiger partial charge in [-0.25, -0.2) is 9.11 Å². The highest BCUT2D eigenvalue weighted by Crippen LogP contribution is 2.03. The Morgan fingerprint density at radius 1 is 1.22 bits per heavy atom. The predicted octanol–water partition coefficient (Wildman–Crippen LogP) is 0.842. The number of rotatable bonds is 7. The SMILES string of the molecule is CCCNS(=O)(=O)NCC(=O)c1ccc(F)cc1. The second kappa shape index (κ2) is 6.58. The van der Waals surface area contributed by atoms with Crippen LogP contribution in [0.1, 0.15) is 23.7 Å². The van der Waals surface area contributed by atoms with E-state index in [9.17, 15) is 17.6 Å². The van der Waals surface area contributed by atoms with Crippen molar-refractivity contribution in [2.24, 2.45) is 0 Å². The first kappa shape index (κ1) is 14.7. The largest absolute Gasteiger partial charge is 0.293 e. The van der Waals surface area contributed by atoms with Gasteiger partial charge in [0.1, 0.15) is 5.82 Å². The standard InChI is InChI=1S/C11H15FN2O3S/c1-2-7-13-18(16,17)14-8-11(15)9-3-5-10(12)6-4-9/h3-6,13-14H,2,7-8H2,1H3. The van der Waals surface area contributed by atoms with Crippen molar-refractivity contribution in [2.75, 3.05) is 13.1 Å². The average Bonchev–Trinajstić information content (AvgIpc) is 2.35. The molecule has 2 N–H and O–H groups in total. The van der Waals surface area contributed by atoms with Crippen molar-refractivity contribution < 1.29 is 17.6 Å². The summed E-state index contributed by atoms with van der Waals surface area (Å²) < 4.78 is 39.7. The van der Waals surface area contributed by atoms with Crippen molar-refractivity contribution in [1.29, 1.82) is 0 Å². The van der Waals surface area contributed by atoms with E-state index in [0.717, 1.165) is 12.1 Å². The molecular formula is C11H15FN2O3S. The molecule has 0 fully saturated rings. The lowest BCUT2D eigenvalue weighted by Crippen LogP contribution is -2.39. The summed E-state index contributed by atoms with van der Waals surface area (Å²) in [7, 11) is -3.65. The summed E-state index contributed by atoms with van der Waals surface area (Å²) in [6.45, 7) is 1.77. The van der Waals surface area contributed by atoms with Crippen molar-refractivity contribution in [1.82, 2.24) is 9.44 Å². The molecule has 0 aromatic heterocycles. The van der Waals surface area contributed by atoms with Gasteiger partial charge in [-0.15, -0.1) is 0 Å². The molecule has 0 aliphatic carbocycles. The van der Waals surface area contributed by atoms with E-state index in [4.69, 9.17) is 0 Å². The first-order chi connectivity index (χ1) is 8.44. The van der Waals surface area contributed by atoms with Crippen LogP contribution in [0.4, 0.5) is 4.39 Å². The molecule has 0 saturated heterocycles. The Hall–Kier alpha value is -1.31. The number of halogens is 1. The Kier molecular flexibility index (Phi) is 5.39. The summed E-state index contributed by atoms with van der Waals surface area (Å²) in [5.74, 6) is -0.867. The van der Waals surface area contributed by atoms with E-state index in [1.54, 1.807) is 0 Å². The molecule has 0 heterocycles. The van der Waals surface area contributed by atoms with Crippen molar-refractivity contribution in [3.63, 3.8) is 0 Å². The summed E-state index contributed by atoms with van der Waals surface area (Å²) in [4.78, 5) is 11.6. The zero-order valence-electron chi connectivity index (χ0n) is 9.94. The first-order valence-electron chi connectivity index (χ1n) is 5.47. The Labute approximate surface area is 106 Å². The van der Waals surface area contributed by atoms with Crippen LogP contribution in [-0.2, 0) is 10.2 Å². The van der Waals surface area contributed by atoms with Crippen molar-refractivity contribution in [2.45, 2.75) is 13.3 Å². The highest BCUT2D eigenvalue weighted by molar-refractivity contribution is 7.87. The Bertz CT molecular complexity index is 500. The maximum absolute atomic E-state index is 12.6. The van der Waals surface area contributed by atoms with Gasteiger partial charge in [0.05, 0.1) is 6.54 Å². The third-order valence-electron chi connectivity index (χ3n) is 2.13.